The van der Waals surface area contributed by atoms with Crippen molar-refractivity contribution in [2.75, 3.05) is 6.61 Å². The van der Waals surface area contributed by atoms with Crippen LogP contribution in [0.5, 0.6) is 0 Å². The van der Waals surface area contributed by atoms with Gasteiger partial charge in [-0.05, 0) is 30.5 Å². The molecular weight excluding hydrogens is 344 g/mol. The van der Waals surface area contributed by atoms with Crippen LogP contribution in [0.25, 0.3) is 5.76 Å². The Hall–Kier alpha value is -3.26. The van der Waals surface area contributed by atoms with E-state index in [2.05, 4.69) is 66.7 Å². The van der Waals surface area contributed by atoms with Gasteiger partial charge in [0.15, 0.2) is 0 Å². The Morgan fingerprint density at radius 1 is 0.786 bits per heavy atom. The van der Waals surface area contributed by atoms with Crippen LogP contribution in [0.4, 0.5) is 0 Å². The molecule has 0 amide bonds. The van der Waals surface area contributed by atoms with Gasteiger partial charge in [0.1, 0.15) is 5.76 Å². The fourth-order valence-electron chi connectivity index (χ4n) is 3.65. The van der Waals surface area contributed by atoms with E-state index >= 15 is 0 Å². The summed E-state index contributed by atoms with van der Waals surface area (Å²) in [6.45, 7) is 2.56. The van der Waals surface area contributed by atoms with Gasteiger partial charge in [-0.2, -0.15) is 0 Å². The highest BCUT2D eigenvalue weighted by Crippen LogP contribution is 2.40. The molecule has 3 aromatic carbocycles. The second-order valence-corrected chi connectivity index (χ2v) is 6.74. The van der Waals surface area contributed by atoms with Crippen molar-refractivity contribution in [3.8, 4) is 0 Å². The van der Waals surface area contributed by atoms with Gasteiger partial charge in [0.2, 0.25) is 0 Å². The van der Waals surface area contributed by atoms with E-state index in [0.29, 0.717) is 12.6 Å². The minimum atomic E-state index is 0.0949. The lowest BCUT2D eigenvalue weighted by atomic mass is 9.83. The number of rotatable bonds is 6. The van der Waals surface area contributed by atoms with Crippen LogP contribution in [0.3, 0.4) is 0 Å². The summed E-state index contributed by atoms with van der Waals surface area (Å²) >= 11 is 0. The molecule has 0 unspecified atom stereocenters. The SMILES string of the molecule is CCOC1=C(C(c2ccccc2)c2ccccc2)CC=C(c2ccccc2)O1. The monoisotopic (exact) mass is 368 g/mol. The van der Waals surface area contributed by atoms with Crippen molar-refractivity contribution in [2.24, 2.45) is 0 Å². The summed E-state index contributed by atoms with van der Waals surface area (Å²) in [5.41, 5.74) is 4.69. The standard InChI is InChI=1S/C26H24O2/c1-2-27-26-23(18-19-24(28-26)20-12-6-3-7-13-20)25(21-14-8-4-9-15-21)22-16-10-5-11-17-22/h3-17,19,25H,2,18H2,1H3. The molecule has 0 saturated heterocycles. The van der Waals surface area contributed by atoms with E-state index < -0.39 is 0 Å². The van der Waals surface area contributed by atoms with Gasteiger partial charge in [-0.15, -0.1) is 0 Å². The quantitative estimate of drug-likeness (QED) is 0.492. The average Bonchev–Trinajstić information content (AvgIpc) is 2.77. The Morgan fingerprint density at radius 3 is 1.86 bits per heavy atom. The molecule has 3 aromatic rings. The molecule has 4 rings (SSSR count). The number of allylic oxidation sites excluding steroid dienone is 2. The number of ether oxygens (including phenoxy) is 2. The summed E-state index contributed by atoms with van der Waals surface area (Å²) in [5, 5.41) is 0. The molecule has 0 radical (unpaired) electrons. The first kappa shape index (κ1) is 18.1. The first-order valence-electron chi connectivity index (χ1n) is 9.76. The van der Waals surface area contributed by atoms with Gasteiger partial charge in [0.05, 0.1) is 6.61 Å². The van der Waals surface area contributed by atoms with Gasteiger partial charge in [-0.25, -0.2) is 0 Å². The largest absolute Gasteiger partial charge is 0.465 e. The molecule has 1 heterocycles. The summed E-state index contributed by atoms with van der Waals surface area (Å²) in [5.74, 6) is 1.58. The molecule has 0 saturated carbocycles. The topological polar surface area (TPSA) is 18.5 Å². The Labute approximate surface area is 166 Å². The van der Waals surface area contributed by atoms with Crippen molar-refractivity contribution in [2.45, 2.75) is 19.3 Å². The zero-order valence-corrected chi connectivity index (χ0v) is 16.0. The predicted octanol–water partition coefficient (Wildman–Crippen LogP) is 6.53. The van der Waals surface area contributed by atoms with E-state index in [9.17, 15) is 0 Å². The zero-order chi connectivity index (χ0) is 19.2. The van der Waals surface area contributed by atoms with Gasteiger partial charge in [0, 0.05) is 17.1 Å². The molecule has 1 aliphatic rings. The maximum absolute atomic E-state index is 6.27. The summed E-state index contributed by atoms with van der Waals surface area (Å²) in [6, 6.07) is 31.3. The summed E-state index contributed by atoms with van der Waals surface area (Å²) in [4.78, 5) is 0. The third kappa shape index (κ3) is 3.86. The Balaban J connectivity index is 1.76. The number of hydrogen-bond donors (Lipinski definition) is 0. The minimum absolute atomic E-state index is 0.0949. The maximum atomic E-state index is 6.27. The molecule has 0 aliphatic carbocycles. The first-order valence-corrected chi connectivity index (χ1v) is 9.76. The van der Waals surface area contributed by atoms with Crippen LogP contribution in [0.2, 0.25) is 0 Å². The number of benzene rings is 3. The van der Waals surface area contributed by atoms with E-state index in [0.717, 1.165) is 23.3 Å². The van der Waals surface area contributed by atoms with Gasteiger partial charge in [-0.3, -0.25) is 0 Å². The van der Waals surface area contributed by atoms with Crippen LogP contribution >= 0.6 is 0 Å². The van der Waals surface area contributed by atoms with E-state index in [1.807, 2.05) is 37.3 Å². The van der Waals surface area contributed by atoms with Crippen LogP contribution in [-0.2, 0) is 9.47 Å². The lowest BCUT2D eigenvalue weighted by molar-refractivity contribution is 0.0906. The predicted molar refractivity (Wildman–Crippen MR) is 114 cm³/mol. The molecule has 0 aromatic heterocycles. The van der Waals surface area contributed by atoms with Crippen LogP contribution < -0.4 is 0 Å². The zero-order valence-electron chi connectivity index (χ0n) is 16.0. The molecule has 0 atom stereocenters. The van der Waals surface area contributed by atoms with Gasteiger partial charge < -0.3 is 9.47 Å². The molecule has 0 fully saturated rings. The molecule has 0 bridgehead atoms. The second-order valence-electron chi connectivity index (χ2n) is 6.74. The number of hydrogen-bond acceptors (Lipinski definition) is 2. The van der Waals surface area contributed by atoms with Crippen LogP contribution in [0, 0.1) is 0 Å². The third-order valence-electron chi connectivity index (χ3n) is 4.92. The van der Waals surface area contributed by atoms with E-state index in [-0.39, 0.29) is 5.92 Å². The van der Waals surface area contributed by atoms with E-state index in [1.165, 1.54) is 11.1 Å². The molecule has 1 aliphatic heterocycles. The van der Waals surface area contributed by atoms with Crippen molar-refractivity contribution in [3.05, 3.63) is 125 Å². The molecule has 0 spiro atoms. The Kier molecular flexibility index (Phi) is 5.58. The normalized spacial score (nSPS) is 13.9. The highest BCUT2D eigenvalue weighted by atomic mass is 16.7. The summed E-state index contributed by atoms with van der Waals surface area (Å²) in [6.07, 6.45) is 2.94. The van der Waals surface area contributed by atoms with Crippen molar-refractivity contribution in [3.63, 3.8) is 0 Å². The second kappa shape index (κ2) is 8.62. The molecule has 0 N–H and O–H groups in total. The van der Waals surface area contributed by atoms with Crippen LogP contribution in [0.15, 0.2) is 109 Å². The van der Waals surface area contributed by atoms with Crippen LogP contribution in [-0.4, -0.2) is 6.61 Å². The molecule has 28 heavy (non-hydrogen) atoms. The molecular formula is C26H24O2. The van der Waals surface area contributed by atoms with Gasteiger partial charge >= 0.3 is 0 Å². The summed E-state index contributed by atoms with van der Waals surface area (Å²) in [7, 11) is 0. The smallest absolute Gasteiger partial charge is 0.285 e. The lowest BCUT2D eigenvalue weighted by Gasteiger charge is -2.27. The fourth-order valence-corrected chi connectivity index (χ4v) is 3.65. The third-order valence-corrected chi connectivity index (χ3v) is 4.92. The van der Waals surface area contributed by atoms with Crippen molar-refractivity contribution in [1.82, 2.24) is 0 Å². The highest BCUT2D eigenvalue weighted by Gasteiger charge is 2.27. The Bertz CT molecular complexity index is 918. The van der Waals surface area contributed by atoms with Crippen molar-refractivity contribution >= 4 is 5.76 Å². The highest BCUT2D eigenvalue weighted by molar-refractivity contribution is 5.62. The first-order chi connectivity index (χ1) is 13.9. The van der Waals surface area contributed by atoms with Crippen molar-refractivity contribution in [1.29, 1.82) is 0 Å². The van der Waals surface area contributed by atoms with Crippen molar-refractivity contribution < 1.29 is 9.47 Å². The molecule has 140 valence electrons. The van der Waals surface area contributed by atoms with Gasteiger partial charge in [0.25, 0.3) is 5.95 Å². The minimum Gasteiger partial charge on any atom is -0.465 e. The lowest BCUT2D eigenvalue weighted by Crippen LogP contribution is -2.14. The maximum Gasteiger partial charge on any atom is 0.285 e. The Morgan fingerprint density at radius 2 is 1.32 bits per heavy atom. The molecule has 2 nitrogen and oxygen atoms in total. The van der Waals surface area contributed by atoms with Crippen LogP contribution in [0.1, 0.15) is 36.0 Å². The summed E-state index contributed by atoms with van der Waals surface area (Å²) < 4.78 is 12.3. The van der Waals surface area contributed by atoms with E-state index in [1.54, 1.807) is 0 Å². The van der Waals surface area contributed by atoms with Gasteiger partial charge in [-0.1, -0.05) is 91.0 Å². The molecule has 2 heteroatoms. The van der Waals surface area contributed by atoms with E-state index in [4.69, 9.17) is 9.47 Å². The fraction of sp³-hybridized carbons (Fsp3) is 0.154. The average molecular weight is 368 g/mol.